The number of methoxy groups -OCH3 is 2. The zero-order valence-electron chi connectivity index (χ0n) is 16.1. The van der Waals surface area contributed by atoms with Gasteiger partial charge >= 0.3 is 5.97 Å². The van der Waals surface area contributed by atoms with Gasteiger partial charge in [0, 0.05) is 18.2 Å². The number of anilines is 1. The van der Waals surface area contributed by atoms with Gasteiger partial charge in [-0.05, 0) is 42.5 Å². The maximum atomic E-state index is 12.6. The molecule has 3 aromatic rings. The average molecular weight is 413 g/mol. The molecule has 150 valence electrons. The second-order valence-electron chi connectivity index (χ2n) is 6.06. The lowest BCUT2D eigenvalue weighted by molar-refractivity contribution is -0.141. The molecule has 2 aromatic carbocycles. The van der Waals surface area contributed by atoms with Gasteiger partial charge in [-0.15, -0.1) is 0 Å². The Morgan fingerprint density at radius 3 is 2.45 bits per heavy atom. The van der Waals surface area contributed by atoms with Crippen LogP contribution in [0.15, 0.2) is 47.5 Å². The number of nitrogens with one attached hydrogen (secondary N) is 1. The van der Waals surface area contributed by atoms with E-state index in [4.69, 9.17) is 9.47 Å². The van der Waals surface area contributed by atoms with Crippen LogP contribution in [-0.4, -0.2) is 36.6 Å². The van der Waals surface area contributed by atoms with E-state index in [0.29, 0.717) is 27.3 Å². The van der Waals surface area contributed by atoms with E-state index in [0.717, 1.165) is 4.70 Å². The molecule has 0 bridgehead atoms. The summed E-state index contributed by atoms with van der Waals surface area (Å²) in [5.74, 6) is -0.466. The first-order valence-corrected chi connectivity index (χ1v) is 9.44. The van der Waals surface area contributed by atoms with Crippen LogP contribution in [0.25, 0.3) is 10.2 Å². The molecule has 0 atom stereocenters. The molecule has 1 heterocycles. The lowest BCUT2D eigenvalue weighted by atomic mass is 10.2. The molecule has 8 nitrogen and oxygen atoms in total. The highest BCUT2D eigenvalue weighted by molar-refractivity contribution is 7.16. The Labute approximate surface area is 170 Å². The van der Waals surface area contributed by atoms with Gasteiger partial charge in [0.15, 0.2) is 4.80 Å². The molecule has 1 aromatic heterocycles. The van der Waals surface area contributed by atoms with E-state index in [9.17, 15) is 14.4 Å². The zero-order valence-corrected chi connectivity index (χ0v) is 16.9. The first kappa shape index (κ1) is 20.3. The molecule has 0 unspecified atom stereocenters. The Bertz CT molecular complexity index is 1150. The fraction of sp³-hybridized carbons (Fsp3) is 0.200. The van der Waals surface area contributed by atoms with Gasteiger partial charge in [-0.25, -0.2) is 0 Å². The molecule has 0 saturated carbocycles. The summed E-state index contributed by atoms with van der Waals surface area (Å²) < 4.78 is 12.2. The number of hydrogen-bond acceptors (Lipinski definition) is 6. The van der Waals surface area contributed by atoms with Crippen LogP contribution in [-0.2, 0) is 20.9 Å². The van der Waals surface area contributed by atoms with Crippen LogP contribution in [0.5, 0.6) is 5.75 Å². The third-order valence-electron chi connectivity index (χ3n) is 4.05. The molecule has 0 radical (unpaired) electrons. The minimum absolute atomic E-state index is 0.0926. The average Bonchev–Trinajstić information content (AvgIpc) is 3.03. The quantitative estimate of drug-likeness (QED) is 0.648. The first-order valence-electron chi connectivity index (χ1n) is 8.62. The number of carbonyl (C=O) groups excluding carboxylic acids is 3. The van der Waals surface area contributed by atoms with Crippen LogP contribution in [0.2, 0.25) is 0 Å². The molecule has 0 aliphatic carbocycles. The summed E-state index contributed by atoms with van der Waals surface area (Å²) in [6, 6.07) is 11.9. The van der Waals surface area contributed by atoms with E-state index in [1.54, 1.807) is 54.1 Å². The Morgan fingerprint density at radius 2 is 1.83 bits per heavy atom. The van der Waals surface area contributed by atoms with Gasteiger partial charge in [-0.3, -0.25) is 14.4 Å². The van der Waals surface area contributed by atoms with Crippen LogP contribution < -0.4 is 14.9 Å². The maximum absolute atomic E-state index is 12.6. The highest BCUT2D eigenvalue weighted by Gasteiger charge is 2.13. The summed E-state index contributed by atoms with van der Waals surface area (Å²) in [4.78, 5) is 40.4. The molecule has 0 spiro atoms. The molecular formula is C20H19N3O5S. The summed E-state index contributed by atoms with van der Waals surface area (Å²) in [6.07, 6.45) is 0. The summed E-state index contributed by atoms with van der Waals surface area (Å²) >= 11 is 1.24. The Kier molecular flexibility index (Phi) is 6.08. The molecule has 0 fully saturated rings. The number of nitrogens with zero attached hydrogens (tertiary/aromatic N) is 2. The normalized spacial score (nSPS) is 11.3. The topological polar surface area (TPSA) is 99.0 Å². The molecule has 0 saturated heterocycles. The van der Waals surface area contributed by atoms with Crippen molar-refractivity contribution in [3.63, 3.8) is 0 Å². The number of benzene rings is 2. The minimum atomic E-state index is -0.464. The smallest absolute Gasteiger partial charge is 0.325 e. The zero-order chi connectivity index (χ0) is 21.0. The largest absolute Gasteiger partial charge is 0.497 e. The summed E-state index contributed by atoms with van der Waals surface area (Å²) in [6.45, 7) is 1.33. The molecule has 1 N–H and O–H groups in total. The van der Waals surface area contributed by atoms with Crippen molar-refractivity contribution in [2.24, 2.45) is 4.99 Å². The van der Waals surface area contributed by atoms with E-state index >= 15 is 0 Å². The Balaban J connectivity index is 2.08. The molecule has 0 aliphatic heterocycles. The van der Waals surface area contributed by atoms with E-state index in [-0.39, 0.29) is 12.5 Å². The fourth-order valence-electron chi connectivity index (χ4n) is 2.67. The minimum Gasteiger partial charge on any atom is -0.497 e. The standard InChI is InChI=1S/C20H19N3O5S/c1-12(24)21-14-6-9-16-17(10-14)29-20(23(16)11-18(25)28-3)22-19(26)13-4-7-15(27-2)8-5-13/h4-10H,11H2,1-3H3,(H,21,24). The summed E-state index contributed by atoms with van der Waals surface area (Å²) in [5.41, 5.74) is 1.71. The van der Waals surface area contributed by atoms with Crippen molar-refractivity contribution in [3.05, 3.63) is 52.8 Å². The van der Waals surface area contributed by atoms with Gasteiger partial charge < -0.3 is 19.4 Å². The van der Waals surface area contributed by atoms with E-state index in [2.05, 4.69) is 10.3 Å². The number of carbonyl (C=O) groups is 3. The lowest BCUT2D eigenvalue weighted by Gasteiger charge is -2.05. The number of thiazole rings is 1. The van der Waals surface area contributed by atoms with Gasteiger partial charge in [0.2, 0.25) is 5.91 Å². The Morgan fingerprint density at radius 1 is 1.10 bits per heavy atom. The number of aromatic nitrogens is 1. The number of hydrogen-bond donors (Lipinski definition) is 1. The van der Waals surface area contributed by atoms with Crippen molar-refractivity contribution in [2.45, 2.75) is 13.5 Å². The van der Waals surface area contributed by atoms with Gasteiger partial charge in [0.25, 0.3) is 5.91 Å². The molecule has 29 heavy (non-hydrogen) atoms. The third kappa shape index (κ3) is 4.69. The van der Waals surface area contributed by atoms with Crippen molar-refractivity contribution < 1.29 is 23.9 Å². The predicted octanol–water partition coefficient (Wildman–Crippen LogP) is 2.58. The van der Waals surface area contributed by atoms with Gasteiger partial charge in [0.05, 0.1) is 24.4 Å². The highest BCUT2D eigenvalue weighted by Crippen LogP contribution is 2.22. The molecule has 0 aliphatic rings. The van der Waals surface area contributed by atoms with Crippen LogP contribution in [0.1, 0.15) is 17.3 Å². The highest BCUT2D eigenvalue weighted by atomic mass is 32.1. The monoisotopic (exact) mass is 413 g/mol. The lowest BCUT2D eigenvalue weighted by Crippen LogP contribution is -2.22. The van der Waals surface area contributed by atoms with Crippen LogP contribution in [0.4, 0.5) is 5.69 Å². The second kappa shape index (κ2) is 8.70. The molecule has 3 rings (SSSR count). The SMILES string of the molecule is COC(=O)Cn1c(=NC(=O)c2ccc(OC)cc2)sc2cc(NC(C)=O)ccc21. The number of amides is 2. The molecule has 2 amide bonds. The number of ether oxygens (including phenoxy) is 2. The molecular weight excluding hydrogens is 394 g/mol. The van der Waals surface area contributed by atoms with E-state index in [1.807, 2.05) is 0 Å². The van der Waals surface area contributed by atoms with Crippen molar-refractivity contribution in [2.75, 3.05) is 19.5 Å². The van der Waals surface area contributed by atoms with E-state index in [1.165, 1.54) is 25.4 Å². The number of esters is 1. The first-order chi connectivity index (χ1) is 13.9. The predicted molar refractivity (Wildman–Crippen MR) is 109 cm³/mol. The summed E-state index contributed by atoms with van der Waals surface area (Å²) in [5, 5.41) is 2.71. The third-order valence-corrected chi connectivity index (χ3v) is 5.09. The Hall–Kier alpha value is -3.46. The van der Waals surface area contributed by atoms with E-state index < -0.39 is 11.9 Å². The fourth-order valence-corrected chi connectivity index (χ4v) is 3.74. The van der Waals surface area contributed by atoms with Crippen LogP contribution in [0, 0.1) is 0 Å². The molecule has 9 heteroatoms. The number of rotatable bonds is 5. The van der Waals surface area contributed by atoms with Crippen molar-refractivity contribution >= 4 is 45.0 Å². The summed E-state index contributed by atoms with van der Waals surface area (Å²) in [7, 11) is 2.84. The van der Waals surface area contributed by atoms with Gasteiger partial charge in [0.1, 0.15) is 12.3 Å². The van der Waals surface area contributed by atoms with Gasteiger partial charge in [-0.1, -0.05) is 11.3 Å². The van der Waals surface area contributed by atoms with Crippen molar-refractivity contribution in [1.82, 2.24) is 4.57 Å². The van der Waals surface area contributed by atoms with Crippen molar-refractivity contribution in [1.29, 1.82) is 0 Å². The van der Waals surface area contributed by atoms with Crippen LogP contribution in [0.3, 0.4) is 0 Å². The number of fused-ring (bicyclic) bond motifs is 1. The maximum Gasteiger partial charge on any atom is 0.325 e. The van der Waals surface area contributed by atoms with Gasteiger partial charge in [-0.2, -0.15) is 4.99 Å². The van der Waals surface area contributed by atoms with Crippen molar-refractivity contribution in [3.8, 4) is 5.75 Å². The van der Waals surface area contributed by atoms with Crippen LogP contribution >= 0.6 is 11.3 Å². The second-order valence-corrected chi connectivity index (χ2v) is 7.07.